The van der Waals surface area contributed by atoms with Gasteiger partial charge in [0.1, 0.15) is 17.3 Å². The molecular weight excluding hydrogens is 353 g/mol. The Morgan fingerprint density at radius 1 is 1.15 bits per heavy atom. The third kappa shape index (κ3) is 4.71. The molecule has 1 aromatic carbocycles. The van der Waals surface area contributed by atoms with Gasteiger partial charge in [0, 0.05) is 6.42 Å². The minimum atomic E-state index is -4.74. The number of aromatic amines is 1. The van der Waals surface area contributed by atoms with Crippen molar-refractivity contribution in [3.05, 3.63) is 69.6 Å². The van der Waals surface area contributed by atoms with Crippen LogP contribution < -0.4 is 10.9 Å². The molecule has 0 spiro atoms. The quantitative estimate of drug-likeness (QED) is 0.789. The van der Waals surface area contributed by atoms with Crippen LogP contribution in [0.3, 0.4) is 0 Å². The van der Waals surface area contributed by atoms with Gasteiger partial charge in [-0.3, -0.25) is 9.59 Å². The van der Waals surface area contributed by atoms with Gasteiger partial charge in [0.15, 0.2) is 0 Å². The molecule has 0 fully saturated rings. The first-order chi connectivity index (χ1) is 12.2. The van der Waals surface area contributed by atoms with E-state index in [1.807, 2.05) is 0 Å². The summed E-state index contributed by atoms with van der Waals surface area (Å²) in [7, 11) is 1.14. The number of ether oxygens (including phenoxy) is 1. The molecule has 1 aromatic heterocycles. The first kappa shape index (κ1) is 19.2. The van der Waals surface area contributed by atoms with Crippen molar-refractivity contribution in [2.24, 2.45) is 0 Å². The van der Waals surface area contributed by atoms with Crippen LogP contribution in [0.5, 0.6) is 0 Å². The third-order valence-corrected chi connectivity index (χ3v) is 3.53. The maximum atomic E-state index is 12.6. The van der Waals surface area contributed by atoms with Crippen LogP contribution in [0.25, 0.3) is 0 Å². The van der Waals surface area contributed by atoms with E-state index in [0.29, 0.717) is 6.07 Å². The van der Waals surface area contributed by atoms with Crippen molar-refractivity contribution in [1.29, 1.82) is 0 Å². The summed E-state index contributed by atoms with van der Waals surface area (Å²) < 4.78 is 42.3. The molecule has 6 nitrogen and oxygen atoms in total. The number of hydrogen-bond donors (Lipinski definition) is 2. The van der Waals surface area contributed by atoms with Gasteiger partial charge in [-0.05, 0) is 17.7 Å². The number of aromatic nitrogens is 1. The predicted octanol–water partition coefficient (Wildman–Crippen LogP) is 1.91. The molecule has 0 aliphatic rings. The lowest BCUT2D eigenvalue weighted by Crippen LogP contribution is -2.44. The number of hydrogen-bond acceptors (Lipinski definition) is 4. The van der Waals surface area contributed by atoms with Gasteiger partial charge in [-0.15, -0.1) is 0 Å². The molecule has 0 bridgehead atoms. The number of amides is 1. The van der Waals surface area contributed by atoms with Gasteiger partial charge in [0.2, 0.25) is 0 Å². The number of carbonyl (C=O) groups excluding carboxylic acids is 2. The van der Waals surface area contributed by atoms with E-state index in [2.05, 4.69) is 10.1 Å². The monoisotopic (exact) mass is 368 g/mol. The molecule has 138 valence electrons. The van der Waals surface area contributed by atoms with Crippen LogP contribution in [0.1, 0.15) is 21.6 Å². The molecular formula is C17H15F3N2O4. The van der Waals surface area contributed by atoms with E-state index in [1.54, 1.807) is 35.3 Å². The summed E-state index contributed by atoms with van der Waals surface area (Å²) in [5.74, 6) is -1.73. The van der Waals surface area contributed by atoms with E-state index in [-0.39, 0.29) is 6.42 Å². The van der Waals surface area contributed by atoms with Crippen molar-refractivity contribution in [3.63, 3.8) is 0 Å². The van der Waals surface area contributed by atoms with E-state index < -0.39 is 40.9 Å². The number of alkyl halides is 3. The highest BCUT2D eigenvalue weighted by Crippen LogP contribution is 2.26. The van der Waals surface area contributed by atoms with Gasteiger partial charge in [-0.25, -0.2) is 4.79 Å². The summed E-state index contributed by atoms with van der Waals surface area (Å²) in [6.45, 7) is 0. The Labute approximate surface area is 146 Å². The van der Waals surface area contributed by atoms with Crippen molar-refractivity contribution in [1.82, 2.24) is 10.3 Å². The summed E-state index contributed by atoms with van der Waals surface area (Å²) in [4.78, 5) is 37.5. The van der Waals surface area contributed by atoms with E-state index in [1.165, 1.54) is 0 Å². The van der Waals surface area contributed by atoms with Crippen molar-refractivity contribution in [2.75, 3.05) is 7.11 Å². The molecule has 1 amide bonds. The van der Waals surface area contributed by atoms with Crippen LogP contribution in [-0.4, -0.2) is 30.0 Å². The molecule has 0 unspecified atom stereocenters. The van der Waals surface area contributed by atoms with E-state index in [9.17, 15) is 27.6 Å². The fraction of sp³-hybridized carbons (Fsp3) is 0.235. The maximum absolute atomic E-state index is 12.6. The fourth-order valence-corrected chi connectivity index (χ4v) is 2.24. The number of nitrogens with one attached hydrogen (secondary N) is 2. The number of esters is 1. The van der Waals surface area contributed by atoms with Crippen molar-refractivity contribution in [3.8, 4) is 0 Å². The number of rotatable bonds is 5. The second-order valence-electron chi connectivity index (χ2n) is 5.35. The lowest BCUT2D eigenvalue weighted by molar-refractivity contribution is -0.143. The van der Waals surface area contributed by atoms with E-state index in [0.717, 1.165) is 18.7 Å². The second-order valence-corrected chi connectivity index (χ2v) is 5.35. The van der Waals surface area contributed by atoms with Gasteiger partial charge in [-0.2, -0.15) is 13.2 Å². The predicted molar refractivity (Wildman–Crippen MR) is 85.5 cm³/mol. The number of H-pyrrole nitrogens is 1. The SMILES string of the molecule is COC(=O)[C@@H](Cc1ccccc1)NC(=O)c1ccc(C(F)(F)F)[nH]c1=O. The van der Waals surface area contributed by atoms with Crippen LogP contribution in [0.15, 0.2) is 47.3 Å². The Hall–Kier alpha value is -3.10. The fourth-order valence-electron chi connectivity index (χ4n) is 2.24. The molecule has 0 radical (unpaired) electrons. The van der Waals surface area contributed by atoms with Crippen molar-refractivity contribution < 1.29 is 27.5 Å². The molecule has 9 heteroatoms. The highest BCUT2D eigenvalue weighted by Gasteiger charge is 2.32. The average molecular weight is 368 g/mol. The number of pyridine rings is 1. The molecule has 26 heavy (non-hydrogen) atoms. The van der Waals surface area contributed by atoms with E-state index in [4.69, 9.17) is 0 Å². The Bertz CT molecular complexity index is 847. The molecule has 2 N–H and O–H groups in total. The minimum absolute atomic E-state index is 0.0950. The normalized spacial score (nSPS) is 12.3. The summed E-state index contributed by atoms with van der Waals surface area (Å²) in [5, 5.41) is 2.32. The van der Waals surface area contributed by atoms with Gasteiger partial charge in [0.25, 0.3) is 11.5 Å². The zero-order valence-electron chi connectivity index (χ0n) is 13.6. The Kier molecular flexibility index (Phi) is 5.81. The zero-order chi connectivity index (χ0) is 19.3. The molecule has 0 aliphatic carbocycles. The number of benzene rings is 1. The molecule has 2 aromatic rings. The number of halogens is 3. The largest absolute Gasteiger partial charge is 0.467 e. The minimum Gasteiger partial charge on any atom is -0.467 e. The molecule has 0 saturated heterocycles. The number of methoxy groups -OCH3 is 1. The first-order valence-electron chi connectivity index (χ1n) is 7.45. The lowest BCUT2D eigenvalue weighted by atomic mass is 10.1. The third-order valence-electron chi connectivity index (χ3n) is 3.53. The standard InChI is InChI=1S/C17H15F3N2O4/c1-26-16(25)12(9-10-5-3-2-4-6-10)21-14(23)11-7-8-13(17(18,19)20)22-15(11)24/h2-8,12H,9H2,1H3,(H,21,23)(H,22,24)/t12-/m1/s1. The van der Waals surface area contributed by atoms with Crippen molar-refractivity contribution >= 4 is 11.9 Å². The number of carbonyl (C=O) groups is 2. The maximum Gasteiger partial charge on any atom is 0.431 e. The highest BCUT2D eigenvalue weighted by atomic mass is 19.4. The van der Waals surface area contributed by atoms with E-state index >= 15 is 0 Å². The smallest absolute Gasteiger partial charge is 0.431 e. The van der Waals surface area contributed by atoms with Gasteiger partial charge in [0.05, 0.1) is 7.11 Å². The van der Waals surface area contributed by atoms with Gasteiger partial charge >= 0.3 is 12.1 Å². The van der Waals surface area contributed by atoms with Gasteiger partial charge < -0.3 is 15.0 Å². The summed E-state index contributed by atoms with van der Waals surface area (Å²) in [5.41, 5.74) is -2.29. The molecule has 0 aliphatic heterocycles. The zero-order valence-corrected chi connectivity index (χ0v) is 13.6. The topological polar surface area (TPSA) is 88.3 Å². The lowest BCUT2D eigenvalue weighted by Gasteiger charge is -2.16. The van der Waals surface area contributed by atoms with Crippen LogP contribution in [0.4, 0.5) is 13.2 Å². The summed E-state index contributed by atoms with van der Waals surface area (Å²) in [6, 6.07) is 8.96. The second kappa shape index (κ2) is 7.85. The highest BCUT2D eigenvalue weighted by molar-refractivity contribution is 5.96. The first-order valence-corrected chi connectivity index (χ1v) is 7.45. The van der Waals surface area contributed by atoms with Crippen LogP contribution >= 0.6 is 0 Å². The van der Waals surface area contributed by atoms with Crippen LogP contribution in [0, 0.1) is 0 Å². The van der Waals surface area contributed by atoms with Crippen LogP contribution in [0.2, 0.25) is 0 Å². The molecule has 2 rings (SSSR count). The Morgan fingerprint density at radius 3 is 2.35 bits per heavy atom. The van der Waals surface area contributed by atoms with Gasteiger partial charge in [-0.1, -0.05) is 30.3 Å². The molecule has 0 saturated carbocycles. The Morgan fingerprint density at radius 2 is 1.81 bits per heavy atom. The average Bonchev–Trinajstić information content (AvgIpc) is 2.60. The van der Waals surface area contributed by atoms with Crippen LogP contribution in [-0.2, 0) is 22.1 Å². The van der Waals surface area contributed by atoms with Crippen molar-refractivity contribution in [2.45, 2.75) is 18.6 Å². The Balaban J connectivity index is 2.21. The molecule has 1 atom stereocenters. The molecule has 1 heterocycles. The summed E-state index contributed by atoms with van der Waals surface area (Å²) >= 11 is 0. The summed E-state index contributed by atoms with van der Waals surface area (Å²) in [6.07, 6.45) is -4.65.